The van der Waals surface area contributed by atoms with Gasteiger partial charge in [0.1, 0.15) is 0 Å². The van der Waals surface area contributed by atoms with Gasteiger partial charge in [0, 0.05) is 19.6 Å². The molecular formula is C7H16N2O. The predicted octanol–water partition coefficient (Wildman–Crippen LogP) is -0.426. The standard InChI is InChI=1S/C7H16N2O/c1-2-8-3-4-9(7-8)5-6-10/h10H,2-7H2,1H3. The van der Waals surface area contributed by atoms with E-state index in [1.165, 1.54) is 0 Å². The minimum absolute atomic E-state index is 0.289. The molecule has 1 aliphatic rings. The van der Waals surface area contributed by atoms with E-state index in [1.54, 1.807) is 0 Å². The number of β-amino-alcohol motifs (C(OH)–C–C–N with tert-alkyl or cyclic N) is 1. The van der Waals surface area contributed by atoms with E-state index in [1.807, 2.05) is 0 Å². The van der Waals surface area contributed by atoms with Crippen molar-refractivity contribution in [3.63, 3.8) is 0 Å². The van der Waals surface area contributed by atoms with Crippen molar-refractivity contribution in [2.24, 2.45) is 0 Å². The summed E-state index contributed by atoms with van der Waals surface area (Å²) in [5.41, 5.74) is 0. The Morgan fingerprint density at radius 1 is 1.30 bits per heavy atom. The van der Waals surface area contributed by atoms with Crippen molar-refractivity contribution in [2.75, 3.05) is 39.5 Å². The number of hydrogen-bond donors (Lipinski definition) is 1. The molecule has 1 rings (SSSR count). The first-order valence-corrected chi connectivity index (χ1v) is 3.92. The summed E-state index contributed by atoms with van der Waals surface area (Å²) in [6.45, 7) is 7.74. The molecule has 1 saturated heterocycles. The SMILES string of the molecule is CCN1CCN(CCO)C1. The third-order valence-electron chi connectivity index (χ3n) is 2.00. The second kappa shape index (κ2) is 3.91. The maximum atomic E-state index is 8.63. The van der Waals surface area contributed by atoms with Gasteiger partial charge in [-0.15, -0.1) is 0 Å². The maximum Gasteiger partial charge on any atom is 0.0558 e. The molecule has 0 bridgehead atoms. The predicted molar refractivity (Wildman–Crippen MR) is 40.8 cm³/mol. The molecule has 1 aliphatic heterocycles. The fraction of sp³-hybridized carbons (Fsp3) is 1.00. The molecule has 0 amide bonds. The van der Waals surface area contributed by atoms with Crippen LogP contribution in [0.5, 0.6) is 0 Å². The topological polar surface area (TPSA) is 26.7 Å². The highest BCUT2D eigenvalue weighted by Gasteiger charge is 2.16. The van der Waals surface area contributed by atoms with E-state index < -0.39 is 0 Å². The van der Waals surface area contributed by atoms with Gasteiger partial charge >= 0.3 is 0 Å². The fourth-order valence-corrected chi connectivity index (χ4v) is 1.29. The molecule has 0 spiro atoms. The zero-order chi connectivity index (χ0) is 7.40. The summed E-state index contributed by atoms with van der Waals surface area (Å²) in [7, 11) is 0. The highest BCUT2D eigenvalue weighted by atomic mass is 16.3. The quantitative estimate of drug-likeness (QED) is 0.582. The summed E-state index contributed by atoms with van der Waals surface area (Å²) in [4.78, 5) is 4.64. The lowest BCUT2D eigenvalue weighted by atomic mass is 10.5. The van der Waals surface area contributed by atoms with Crippen LogP contribution in [0, 0.1) is 0 Å². The van der Waals surface area contributed by atoms with Gasteiger partial charge in [-0.1, -0.05) is 6.92 Å². The molecule has 0 atom stereocenters. The average molecular weight is 144 g/mol. The van der Waals surface area contributed by atoms with Gasteiger partial charge in [0.25, 0.3) is 0 Å². The van der Waals surface area contributed by atoms with Crippen molar-refractivity contribution >= 4 is 0 Å². The normalized spacial score (nSPS) is 22.2. The molecule has 1 heterocycles. The van der Waals surface area contributed by atoms with Gasteiger partial charge in [-0.3, -0.25) is 9.80 Å². The monoisotopic (exact) mass is 144 g/mol. The fourth-order valence-electron chi connectivity index (χ4n) is 1.29. The summed E-state index contributed by atoms with van der Waals surface area (Å²) in [5.74, 6) is 0. The molecule has 1 N–H and O–H groups in total. The maximum absolute atomic E-state index is 8.63. The molecule has 10 heavy (non-hydrogen) atoms. The molecule has 60 valence electrons. The largest absolute Gasteiger partial charge is 0.395 e. The first-order valence-electron chi connectivity index (χ1n) is 3.92. The van der Waals surface area contributed by atoms with Crippen molar-refractivity contribution in [3.05, 3.63) is 0 Å². The molecular weight excluding hydrogens is 128 g/mol. The molecule has 0 aromatic rings. The van der Waals surface area contributed by atoms with Crippen LogP contribution in [-0.4, -0.2) is 54.4 Å². The van der Waals surface area contributed by atoms with Crippen molar-refractivity contribution in [2.45, 2.75) is 6.92 Å². The van der Waals surface area contributed by atoms with E-state index in [-0.39, 0.29) is 6.61 Å². The van der Waals surface area contributed by atoms with E-state index in [2.05, 4.69) is 16.7 Å². The van der Waals surface area contributed by atoms with Crippen molar-refractivity contribution in [1.29, 1.82) is 0 Å². The van der Waals surface area contributed by atoms with Crippen LogP contribution < -0.4 is 0 Å². The van der Waals surface area contributed by atoms with Gasteiger partial charge in [-0.2, -0.15) is 0 Å². The zero-order valence-electron chi connectivity index (χ0n) is 6.58. The molecule has 0 aromatic carbocycles. The number of rotatable bonds is 3. The highest BCUT2D eigenvalue weighted by molar-refractivity contribution is 4.68. The number of likely N-dealkylation sites (N-methyl/N-ethyl adjacent to an activating group) is 1. The Bertz CT molecular complexity index is 97.6. The van der Waals surface area contributed by atoms with Gasteiger partial charge in [0.15, 0.2) is 0 Å². The van der Waals surface area contributed by atoms with E-state index >= 15 is 0 Å². The Balaban J connectivity index is 2.15. The van der Waals surface area contributed by atoms with E-state index in [4.69, 9.17) is 5.11 Å². The van der Waals surface area contributed by atoms with Crippen LogP contribution in [-0.2, 0) is 0 Å². The van der Waals surface area contributed by atoms with Crippen LogP contribution in [0.15, 0.2) is 0 Å². The van der Waals surface area contributed by atoms with Gasteiger partial charge in [-0.25, -0.2) is 0 Å². The molecule has 0 radical (unpaired) electrons. The molecule has 1 fully saturated rings. The van der Waals surface area contributed by atoms with Gasteiger partial charge in [-0.05, 0) is 6.54 Å². The van der Waals surface area contributed by atoms with Crippen molar-refractivity contribution < 1.29 is 5.11 Å². The van der Waals surface area contributed by atoms with Crippen molar-refractivity contribution in [3.8, 4) is 0 Å². The van der Waals surface area contributed by atoms with E-state index in [0.29, 0.717) is 0 Å². The third-order valence-corrected chi connectivity index (χ3v) is 2.00. The Morgan fingerprint density at radius 2 is 2.00 bits per heavy atom. The van der Waals surface area contributed by atoms with Gasteiger partial charge in [0.2, 0.25) is 0 Å². The number of hydrogen-bond acceptors (Lipinski definition) is 3. The summed E-state index contributed by atoms with van der Waals surface area (Å²) < 4.78 is 0. The first-order chi connectivity index (χ1) is 4.86. The second-order valence-electron chi connectivity index (χ2n) is 2.69. The number of nitrogens with zero attached hydrogens (tertiary/aromatic N) is 2. The van der Waals surface area contributed by atoms with Crippen LogP contribution in [0.2, 0.25) is 0 Å². The minimum atomic E-state index is 0.289. The Hall–Kier alpha value is -0.120. The molecule has 0 aliphatic carbocycles. The lowest BCUT2D eigenvalue weighted by molar-refractivity contribution is 0.195. The van der Waals surface area contributed by atoms with Crippen LogP contribution in [0.4, 0.5) is 0 Å². The summed E-state index contributed by atoms with van der Waals surface area (Å²) in [6, 6.07) is 0. The Kier molecular flexibility index (Phi) is 3.12. The molecule has 0 aromatic heterocycles. The van der Waals surface area contributed by atoms with Gasteiger partial charge in [0.05, 0.1) is 13.3 Å². The lowest BCUT2D eigenvalue weighted by Crippen LogP contribution is -2.27. The van der Waals surface area contributed by atoms with E-state index in [9.17, 15) is 0 Å². The number of aliphatic hydroxyl groups is 1. The third kappa shape index (κ3) is 1.94. The smallest absolute Gasteiger partial charge is 0.0558 e. The summed E-state index contributed by atoms with van der Waals surface area (Å²) >= 11 is 0. The average Bonchev–Trinajstić information content (AvgIpc) is 2.37. The highest BCUT2D eigenvalue weighted by Crippen LogP contribution is 2.02. The second-order valence-corrected chi connectivity index (χ2v) is 2.69. The van der Waals surface area contributed by atoms with Gasteiger partial charge < -0.3 is 5.11 Å². The first kappa shape index (κ1) is 7.98. The molecule has 3 nitrogen and oxygen atoms in total. The molecule has 3 heteroatoms. The summed E-state index contributed by atoms with van der Waals surface area (Å²) in [6.07, 6.45) is 0. The van der Waals surface area contributed by atoms with Crippen LogP contribution in [0.3, 0.4) is 0 Å². The van der Waals surface area contributed by atoms with Crippen LogP contribution in [0.25, 0.3) is 0 Å². The Labute approximate surface area is 62.2 Å². The van der Waals surface area contributed by atoms with Crippen LogP contribution >= 0.6 is 0 Å². The minimum Gasteiger partial charge on any atom is -0.395 e. The molecule has 0 unspecified atom stereocenters. The van der Waals surface area contributed by atoms with Crippen molar-refractivity contribution in [1.82, 2.24) is 9.80 Å². The lowest BCUT2D eigenvalue weighted by Gasteiger charge is -2.14. The summed E-state index contributed by atoms with van der Waals surface area (Å²) in [5, 5.41) is 8.63. The zero-order valence-corrected chi connectivity index (χ0v) is 6.58. The molecule has 0 saturated carbocycles. The van der Waals surface area contributed by atoms with E-state index in [0.717, 1.165) is 32.8 Å². The Morgan fingerprint density at radius 3 is 2.50 bits per heavy atom. The number of aliphatic hydroxyl groups excluding tert-OH is 1. The van der Waals surface area contributed by atoms with Crippen LogP contribution in [0.1, 0.15) is 6.92 Å².